The molecule has 24 heavy (non-hydrogen) atoms. The van der Waals surface area contributed by atoms with E-state index in [4.69, 9.17) is 4.99 Å². The van der Waals surface area contributed by atoms with Crippen molar-refractivity contribution in [3.8, 4) is 0 Å². The van der Waals surface area contributed by atoms with E-state index in [0.717, 1.165) is 44.4 Å². The van der Waals surface area contributed by atoms with Crippen LogP contribution in [-0.2, 0) is 13.1 Å². The minimum absolute atomic E-state index is 0.433. The molecule has 0 aliphatic heterocycles. The van der Waals surface area contributed by atoms with Gasteiger partial charge >= 0.3 is 0 Å². The van der Waals surface area contributed by atoms with E-state index in [1.165, 1.54) is 5.69 Å². The second-order valence-electron chi connectivity index (χ2n) is 6.28. The van der Waals surface area contributed by atoms with Gasteiger partial charge in [-0.15, -0.1) is 0 Å². The summed E-state index contributed by atoms with van der Waals surface area (Å²) in [5, 5.41) is 11.2. The molecule has 0 saturated carbocycles. The third kappa shape index (κ3) is 5.76. The SMILES string of the molecule is CCNC(=NCC(C)Cn1nc(C)cc1C)NCCn1cccc1. The van der Waals surface area contributed by atoms with Gasteiger partial charge in [-0.25, -0.2) is 0 Å². The van der Waals surface area contributed by atoms with Crippen LogP contribution in [0.1, 0.15) is 25.2 Å². The van der Waals surface area contributed by atoms with Crippen LogP contribution in [-0.4, -0.2) is 39.9 Å². The van der Waals surface area contributed by atoms with Crippen molar-refractivity contribution in [1.29, 1.82) is 0 Å². The molecule has 0 radical (unpaired) electrons. The van der Waals surface area contributed by atoms with Crippen LogP contribution in [0.15, 0.2) is 35.6 Å². The molecule has 6 nitrogen and oxygen atoms in total. The maximum atomic E-state index is 4.71. The highest BCUT2D eigenvalue weighted by atomic mass is 15.3. The van der Waals surface area contributed by atoms with Gasteiger partial charge in [-0.1, -0.05) is 6.92 Å². The summed E-state index contributed by atoms with van der Waals surface area (Å²) in [6.45, 7) is 12.7. The van der Waals surface area contributed by atoms with Gasteiger partial charge < -0.3 is 15.2 Å². The Kier molecular flexibility index (Phi) is 6.90. The predicted octanol–water partition coefficient (Wildman–Crippen LogP) is 2.19. The predicted molar refractivity (Wildman–Crippen MR) is 99.3 cm³/mol. The van der Waals surface area contributed by atoms with Gasteiger partial charge in [-0.05, 0) is 44.9 Å². The third-order valence-electron chi connectivity index (χ3n) is 3.82. The summed E-state index contributed by atoms with van der Waals surface area (Å²) >= 11 is 0. The molecule has 2 rings (SSSR count). The Morgan fingerprint density at radius 2 is 2.00 bits per heavy atom. The Hall–Kier alpha value is -2.24. The minimum atomic E-state index is 0.433. The van der Waals surface area contributed by atoms with E-state index >= 15 is 0 Å². The summed E-state index contributed by atoms with van der Waals surface area (Å²) in [4.78, 5) is 4.71. The average Bonchev–Trinajstić information content (AvgIpc) is 3.15. The van der Waals surface area contributed by atoms with Crippen molar-refractivity contribution in [2.24, 2.45) is 10.9 Å². The molecule has 6 heteroatoms. The fourth-order valence-electron chi connectivity index (χ4n) is 2.62. The smallest absolute Gasteiger partial charge is 0.191 e. The summed E-state index contributed by atoms with van der Waals surface area (Å²) in [6.07, 6.45) is 4.14. The number of guanidine groups is 1. The zero-order valence-corrected chi connectivity index (χ0v) is 15.3. The quantitative estimate of drug-likeness (QED) is 0.576. The Labute approximate surface area is 145 Å². The first-order valence-corrected chi connectivity index (χ1v) is 8.72. The molecule has 0 aliphatic rings. The molecular formula is C18H30N6. The molecular weight excluding hydrogens is 300 g/mol. The average molecular weight is 330 g/mol. The van der Waals surface area contributed by atoms with Crippen LogP contribution in [0.2, 0.25) is 0 Å². The lowest BCUT2D eigenvalue weighted by molar-refractivity contribution is 0.449. The van der Waals surface area contributed by atoms with E-state index in [0.29, 0.717) is 5.92 Å². The van der Waals surface area contributed by atoms with Crippen LogP contribution < -0.4 is 10.6 Å². The summed E-state index contributed by atoms with van der Waals surface area (Å²) in [6, 6.07) is 6.20. The van der Waals surface area contributed by atoms with Crippen LogP contribution in [0.4, 0.5) is 0 Å². The topological polar surface area (TPSA) is 59.2 Å². The van der Waals surface area contributed by atoms with Gasteiger partial charge in [0.1, 0.15) is 0 Å². The summed E-state index contributed by atoms with van der Waals surface area (Å²) in [7, 11) is 0. The molecule has 1 unspecified atom stereocenters. The number of aromatic nitrogens is 3. The molecule has 0 aromatic carbocycles. The number of aryl methyl sites for hydroxylation is 2. The second-order valence-corrected chi connectivity index (χ2v) is 6.28. The molecule has 2 N–H and O–H groups in total. The van der Waals surface area contributed by atoms with Crippen molar-refractivity contribution >= 4 is 5.96 Å². The maximum Gasteiger partial charge on any atom is 0.191 e. The van der Waals surface area contributed by atoms with Crippen molar-refractivity contribution < 1.29 is 0 Å². The highest BCUT2D eigenvalue weighted by molar-refractivity contribution is 5.79. The summed E-state index contributed by atoms with van der Waals surface area (Å²) in [5.74, 6) is 1.31. The fraction of sp³-hybridized carbons (Fsp3) is 0.556. The number of hydrogen-bond donors (Lipinski definition) is 2. The fourth-order valence-corrected chi connectivity index (χ4v) is 2.62. The van der Waals surface area contributed by atoms with Crippen molar-refractivity contribution in [3.63, 3.8) is 0 Å². The molecule has 0 amide bonds. The van der Waals surface area contributed by atoms with Gasteiger partial charge in [0.2, 0.25) is 0 Å². The van der Waals surface area contributed by atoms with Crippen LogP contribution in [0, 0.1) is 19.8 Å². The lowest BCUT2D eigenvalue weighted by atomic mass is 10.2. The van der Waals surface area contributed by atoms with Gasteiger partial charge in [0.05, 0.1) is 5.69 Å². The molecule has 0 fully saturated rings. The van der Waals surface area contributed by atoms with Gasteiger partial charge in [-0.3, -0.25) is 9.67 Å². The highest BCUT2D eigenvalue weighted by Crippen LogP contribution is 2.06. The first-order chi connectivity index (χ1) is 11.6. The number of rotatable bonds is 8. The molecule has 0 saturated heterocycles. The normalized spacial score (nSPS) is 13.1. The van der Waals surface area contributed by atoms with Crippen LogP contribution in [0.5, 0.6) is 0 Å². The Morgan fingerprint density at radius 3 is 2.62 bits per heavy atom. The van der Waals surface area contributed by atoms with Crippen molar-refractivity contribution in [2.45, 2.75) is 40.8 Å². The van der Waals surface area contributed by atoms with E-state index in [2.05, 4.69) is 64.2 Å². The number of hydrogen-bond acceptors (Lipinski definition) is 2. The molecule has 2 aromatic rings. The maximum absolute atomic E-state index is 4.71. The number of nitrogens with zero attached hydrogens (tertiary/aromatic N) is 4. The lowest BCUT2D eigenvalue weighted by Gasteiger charge is -2.14. The third-order valence-corrected chi connectivity index (χ3v) is 3.82. The van der Waals surface area contributed by atoms with Crippen LogP contribution >= 0.6 is 0 Å². The van der Waals surface area contributed by atoms with E-state index in [9.17, 15) is 0 Å². The van der Waals surface area contributed by atoms with Crippen molar-refractivity contribution in [3.05, 3.63) is 42.0 Å². The zero-order valence-electron chi connectivity index (χ0n) is 15.3. The standard InChI is InChI=1S/C18H30N6/c1-5-19-18(20-8-11-23-9-6-7-10-23)21-13-15(2)14-24-17(4)12-16(3)22-24/h6-7,9-10,12,15H,5,8,11,13-14H2,1-4H3,(H2,19,20,21). The largest absolute Gasteiger partial charge is 0.357 e. The second kappa shape index (κ2) is 9.15. The monoisotopic (exact) mass is 330 g/mol. The molecule has 0 spiro atoms. The van der Waals surface area contributed by atoms with E-state index in [1.807, 2.05) is 19.1 Å². The Balaban J connectivity index is 1.81. The van der Waals surface area contributed by atoms with Gasteiger partial charge in [0.15, 0.2) is 5.96 Å². The molecule has 0 aliphatic carbocycles. The zero-order chi connectivity index (χ0) is 17.4. The molecule has 0 bridgehead atoms. The van der Waals surface area contributed by atoms with Gasteiger partial charge in [0, 0.05) is 50.8 Å². The first kappa shape index (κ1) is 18.1. The molecule has 2 heterocycles. The van der Waals surface area contributed by atoms with Gasteiger partial charge in [-0.2, -0.15) is 5.10 Å². The first-order valence-electron chi connectivity index (χ1n) is 8.72. The van der Waals surface area contributed by atoms with E-state index in [1.54, 1.807) is 0 Å². The van der Waals surface area contributed by atoms with Crippen LogP contribution in [0.25, 0.3) is 0 Å². The highest BCUT2D eigenvalue weighted by Gasteiger charge is 2.07. The molecule has 132 valence electrons. The number of aliphatic imine (C=N–C) groups is 1. The van der Waals surface area contributed by atoms with E-state index in [-0.39, 0.29) is 0 Å². The van der Waals surface area contributed by atoms with Gasteiger partial charge in [0.25, 0.3) is 0 Å². The Morgan fingerprint density at radius 1 is 1.25 bits per heavy atom. The lowest BCUT2D eigenvalue weighted by Crippen LogP contribution is -2.39. The van der Waals surface area contributed by atoms with E-state index < -0.39 is 0 Å². The number of nitrogens with one attached hydrogen (secondary N) is 2. The Bertz CT molecular complexity index is 626. The van der Waals surface area contributed by atoms with Crippen molar-refractivity contribution in [1.82, 2.24) is 25.0 Å². The van der Waals surface area contributed by atoms with Crippen molar-refractivity contribution in [2.75, 3.05) is 19.6 Å². The molecule has 2 aromatic heterocycles. The summed E-state index contributed by atoms with van der Waals surface area (Å²) < 4.78 is 4.23. The van der Waals surface area contributed by atoms with Crippen LogP contribution in [0.3, 0.4) is 0 Å². The molecule has 1 atom stereocenters. The minimum Gasteiger partial charge on any atom is -0.357 e. The summed E-state index contributed by atoms with van der Waals surface area (Å²) in [5.41, 5.74) is 2.28.